The fraction of sp³-hybridized carbons (Fsp3) is 0.0435. The Labute approximate surface area is 327 Å². The van der Waals surface area contributed by atoms with E-state index in [0.717, 1.165) is 39.6 Å². The highest BCUT2D eigenvalue weighted by atomic mass is 16.6. The van der Waals surface area contributed by atoms with Crippen LogP contribution in [-0.2, 0) is 6.61 Å². The Balaban J connectivity index is 1.01. The lowest BCUT2D eigenvalue weighted by molar-refractivity contribution is -0.384. The number of benzene rings is 6. The number of allylic oxidation sites excluding steroid dienone is 1. The summed E-state index contributed by atoms with van der Waals surface area (Å²) in [5, 5.41) is 19.4. The van der Waals surface area contributed by atoms with Crippen LogP contribution >= 0.6 is 0 Å². The van der Waals surface area contributed by atoms with Gasteiger partial charge in [0.1, 0.15) is 18.1 Å². The maximum Gasteiger partial charge on any atom is 0.269 e. The van der Waals surface area contributed by atoms with Gasteiger partial charge >= 0.3 is 0 Å². The van der Waals surface area contributed by atoms with Crippen molar-refractivity contribution >= 4 is 17.5 Å². The fourth-order valence-corrected chi connectivity index (χ4v) is 6.42. The molecule has 2 aromatic heterocycles. The van der Waals surface area contributed by atoms with Crippen molar-refractivity contribution in [3.8, 4) is 56.8 Å². The van der Waals surface area contributed by atoms with Crippen molar-refractivity contribution in [2.45, 2.75) is 6.61 Å². The molecule has 278 valence electrons. The van der Waals surface area contributed by atoms with Gasteiger partial charge in [0, 0.05) is 40.1 Å². The molecular formula is C46H34N6O5. The van der Waals surface area contributed by atoms with Crippen molar-refractivity contribution < 1.29 is 19.2 Å². The van der Waals surface area contributed by atoms with Gasteiger partial charge in [-0.05, 0) is 78.4 Å². The summed E-state index contributed by atoms with van der Waals surface area (Å²) in [6.07, 6.45) is 4.82. The van der Waals surface area contributed by atoms with Crippen LogP contribution in [-0.4, -0.2) is 42.4 Å². The van der Waals surface area contributed by atoms with Gasteiger partial charge in [-0.25, -0.2) is 9.67 Å². The summed E-state index contributed by atoms with van der Waals surface area (Å²) in [6.45, 7) is 0.134. The number of aromatic nitrogens is 5. The maximum atomic E-state index is 12.8. The van der Waals surface area contributed by atoms with Crippen LogP contribution in [0.1, 0.15) is 21.6 Å². The van der Waals surface area contributed by atoms with Crippen LogP contribution in [0.5, 0.6) is 11.5 Å². The molecule has 0 aliphatic heterocycles. The van der Waals surface area contributed by atoms with E-state index in [1.165, 1.54) is 18.2 Å². The van der Waals surface area contributed by atoms with Crippen molar-refractivity contribution in [2.24, 2.45) is 0 Å². The van der Waals surface area contributed by atoms with Gasteiger partial charge in [-0.3, -0.25) is 19.5 Å². The highest BCUT2D eigenvalue weighted by Gasteiger charge is 2.23. The minimum Gasteiger partial charge on any atom is -0.493 e. The summed E-state index contributed by atoms with van der Waals surface area (Å²) < 4.78 is 15.9. The molecule has 8 rings (SSSR count). The second-order valence-corrected chi connectivity index (χ2v) is 12.9. The van der Waals surface area contributed by atoms with Gasteiger partial charge in [-0.1, -0.05) is 90.2 Å². The first-order valence-electron chi connectivity index (χ1n) is 18.0. The van der Waals surface area contributed by atoms with E-state index in [1.807, 2.05) is 72.8 Å². The predicted molar refractivity (Wildman–Crippen MR) is 219 cm³/mol. The predicted octanol–water partition coefficient (Wildman–Crippen LogP) is 9.85. The largest absolute Gasteiger partial charge is 0.493 e. The molecule has 8 aromatic rings. The number of ketones is 1. The number of imidazole rings is 1. The van der Waals surface area contributed by atoms with Crippen LogP contribution in [0.4, 0.5) is 5.69 Å². The number of hydrogen-bond acceptors (Lipinski definition) is 8. The molecule has 57 heavy (non-hydrogen) atoms. The average molecular weight is 751 g/mol. The van der Waals surface area contributed by atoms with Gasteiger partial charge in [0.05, 0.1) is 35.3 Å². The first-order valence-corrected chi connectivity index (χ1v) is 18.0. The number of hydrogen-bond donors (Lipinski definition) is 0. The van der Waals surface area contributed by atoms with E-state index >= 15 is 0 Å². The number of para-hydroxylation sites is 1. The van der Waals surface area contributed by atoms with Crippen LogP contribution in [0.25, 0.3) is 51.4 Å². The lowest BCUT2D eigenvalue weighted by Crippen LogP contribution is -2.01. The zero-order valence-corrected chi connectivity index (χ0v) is 30.7. The second-order valence-electron chi connectivity index (χ2n) is 12.9. The normalized spacial score (nSPS) is 11.1. The van der Waals surface area contributed by atoms with Gasteiger partial charge < -0.3 is 9.47 Å². The van der Waals surface area contributed by atoms with Crippen molar-refractivity contribution in [1.82, 2.24) is 24.5 Å². The van der Waals surface area contributed by atoms with Gasteiger partial charge in [0.2, 0.25) is 0 Å². The molecule has 0 radical (unpaired) electrons. The van der Waals surface area contributed by atoms with E-state index in [-0.39, 0.29) is 18.1 Å². The Kier molecular flexibility index (Phi) is 10.3. The highest BCUT2D eigenvalue weighted by molar-refractivity contribution is 6.06. The van der Waals surface area contributed by atoms with Crippen LogP contribution in [0, 0.1) is 10.1 Å². The third-order valence-corrected chi connectivity index (χ3v) is 9.27. The van der Waals surface area contributed by atoms with E-state index < -0.39 is 4.92 Å². The highest BCUT2D eigenvalue weighted by Crippen LogP contribution is 2.40. The Morgan fingerprint density at radius 3 is 2.07 bits per heavy atom. The van der Waals surface area contributed by atoms with E-state index in [2.05, 4.69) is 51.3 Å². The molecule has 11 heteroatoms. The summed E-state index contributed by atoms with van der Waals surface area (Å²) in [6, 6.07) is 49.4. The summed E-state index contributed by atoms with van der Waals surface area (Å²) in [5.41, 5.74) is 8.16. The van der Waals surface area contributed by atoms with Crippen molar-refractivity contribution in [1.29, 1.82) is 0 Å². The Morgan fingerprint density at radius 2 is 1.40 bits per heavy atom. The van der Waals surface area contributed by atoms with Gasteiger partial charge in [-0.15, -0.1) is 5.10 Å². The van der Waals surface area contributed by atoms with Crippen LogP contribution in [0.3, 0.4) is 0 Å². The van der Waals surface area contributed by atoms with Gasteiger partial charge in [0.25, 0.3) is 5.69 Å². The van der Waals surface area contributed by atoms with Crippen LogP contribution in [0.15, 0.2) is 170 Å². The number of nitro benzene ring substituents is 1. The van der Waals surface area contributed by atoms with E-state index in [1.54, 1.807) is 60.5 Å². The molecule has 0 saturated carbocycles. The zero-order chi connectivity index (χ0) is 39.1. The lowest BCUT2D eigenvalue weighted by atomic mass is 10.0. The fourth-order valence-electron chi connectivity index (χ4n) is 6.42. The van der Waals surface area contributed by atoms with Gasteiger partial charge in [0.15, 0.2) is 17.3 Å². The Hall–Kier alpha value is -7.92. The molecule has 0 unspecified atom stereocenters. The first kappa shape index (κ1) is 36.1. The minimum absolute atomic E-state index is 0.00878. The number of nitro groups is 1. The molecular weight excluding hydrogens is 717 g/mol. The molecule has 0 saturated heterocycles. The summed E-state index contributed by atoms with van der Waals surface area (Å²) >= 11 is 0. The molecule has 2 heterocycles. The summed E-state index contributed by atoms with van der Waals surface area (Å²) in [7, 11) is 1.61. The first-order chi connectivity index (χ1) is 27.9. The standard InChI is InChI=1S/C46H34N6O5/c1-56-43-29-36(46-47-44(34-11-5-2-6-12-34)45(35-13-7-3-8-14-35)51(46)39-15-9-4-10-16-39)22-28-42(43)57-31-37-30-50(49-48-37)38-25-20-33(21-26-38)41(53)27-19-32-17-23-40(24-18-32)52(54)55/h2-30H,31H2,1H3. The number of carbonyl (C=O) groups excluding carboxylic acids is 1. The maximum absolute atomic E-state index is 12.8. The topological polar surface area (TPSA) is 127 Å². The molecule has 0 spiro atoms. The van der Waals surface area contributed by atoms with E-state index in [4.69, 9.17) is 14.5 Å². The molecule has 0 amide bonds. The van der Waals surface area contributed by atoms with Crippen LogP contribution in [0.2, 0.25) is 0 Å². The Bertz CT molecular complexity index is 2690. The molecule has 11 nitrogen and oxygen atoms in total. The summed E-state index contributed by atoms with van der Waals surface area (Å²) in [5.74, 6) is 1.61. The molecule has 0 aliphatic rings. The minimum atomic E-state index is -0.464. The average Bonchev–Trinajstić information content (AvgIpc) is 3.92. The molecule has 0 bridgehead atoms. The second kappa shape index (κ2) is 16.2. The van der Waals surface area contributed by atoms with Crippen molar-refractivity contribution in [2.75, 3.05) is 7.11 Å². The SMILES string of the molecule is COc1cc(-c2nc(-c3ccccc3)c(-c3ccccc3)n2-c2ccccc2)ccc1OCc1cn(-c2ccc(C(=O)C=Cc3ccc([N+](=O)[O-])cc3)cc2)nn1. The molecule has 6 aromatic carbocycles. The molecule has 0 N–H and O–H groups in total. The number of ether oxygens (including phenoxy) is 2. The van der Waals surface area contributed by atoms with Crippen molar-refractivity contribution in [3.63, 3.8) is 0 Å². The summed E-state index contributed by atoms with van der Waals surface area (Å²) in [4.78, 5) is 28.5. The number of nitrogens with zero attached hydrogens (tertiary/aromatic N) is 6. The van der Waals surface area contributed by atoms with Crippen molar-refractivity contribution in [3.05, 3.63) is 197 Å². The number of carbonyl (C=O) groups is 1. The lowest BCUT2D eigenvalue weighted by Gasteiger charge is -2.15. The number of non-ortho nitro benzene ring substituents is 1. The van der Waals surface area contributed by atoms with E-state index in [0.29, 0.717) is 34.0 Å². The van der Waals surface area contributed by atoms with E-state index in [9.17, 15) is 14.9 Å². The third-order valence-electron chi connectivity index (χ3n) is 9.27. The quantitative estimate of drug-likeness (QED) is 0.0493. The smallest absolute Gasteiger partial charge is 0.269 e. The van der Waals surface area contributed by atoms with Crippen LogP contribution < -0.4 is 9.47 Å². The monoisotopic (exact) mass is 750 g/mol. The number of methoxy groups -OCH3 is 1. The molecule has 0 atom stereocenters. The third kappa shape index (κ3) is 7.84. The van der Waals surface area contributed by atoms with Gasteiger partial charge in [-0.2, -0.15) is 0 Å². The molecule has 0 fully saturated rings. The molecule has 0 aliphatic carbocycles. The zero-order valence-electron chi connectivity index (χ0n) is 30.7. The number of rotatable bonds is 13. The Morgan fingerprint density at radius 1 is 0.737 bits per heavy atom.